The van der Waals surface area contributed by atoms with Crippen LogP contribution in [0.1, 0.15) is 11.1 Å². The lowest BCUT2D eigenvalue weighted by Gasteiger charge is -2.10. The molecule has 32 heavy (non-hydrogen) atoms. The first-order valence-corrected chi connectivity index (χ1v) is 10.5. The highest BCUT2D eigenvalue weighted by Gasteiger charge is 2.18. The first-order valence-electron chi connectivity index (χ1n) is 10.1. The number of hydrogen-bond acceptors (Lipinski definition) is 3. The van der Waals surface area contributed by atoms with Crippen molar-refractivity contribution in [2.45, 2.75) is 13.1 Å². The van der Waals surface area contributed by atoms with Crippen molar-refractivity contribution in [2.24, 2.45) is 0 Å². The van der Waals surface area contributed by atoms with Gasteiger partial charge in [0, 0.05) is 17.0 Å². The van der Waals surface area contributed by atoms with Gasteiger partial charge in [0.15, 0.2) is 0 Å². The Morgan fingerprint density at radius 2 is 1.81 bits per heavy atom. The van der Waals surface area contributed by atoms with Crippen LogP contribution in [0.15, 0.2) is 77.9 Å². The molecule has 160 valence electrons. The van der Waals surface area contributed by atoms with Gasteiger partial charge in [-0.05, 0) is 47.5 Å². The summed E-state index contributed by atoms with van der Waals surface area (Å²) in [6, 6.07) is 19.5. The van der Waals surface area contributed by atoms with Gasteiger partial charge in [0.25, 0.3) is 5.56 Å². The number of rotatable bonds is 5. The van der Waals surface area contributed by atoms with Crippen molar-refractivity contribution >= 4 is 33.5 Å². The number of halogens is 2. The molecular weight excluding hydrogens is 429 g/mol. The van der Waals surface area contributed by atoms with E-state index in [1.54, 1.807) is 19.2 Å². The van der Waals surface area contributed by atoms with Gasteiger partial charge < -0.3 is 9.30 Å². The number of ether oxygens (including phenoxy) is 1. The molecule has 5 rings (SSSR count). The van der Waals surface area contributed by atoms with Gasteiger partial charge in [-0.1, -0.05) is 41.9 Å². The first kappa shape index (κ1) is 20.3. The quantitative estimate of drug-likeness (QED) is 0.370. The van der Waals surface area contributed by atoms with Crippen LogP contribution in [0.5, 0.6) is 5.75 Å². The normalized spacial score (nSPS) is 11.3. The lowest BCUT2D eigenvalue weighted by Crippen LogP contribution is -2.23. The Labute approximate surface area is 188 Å². The Bertz CT molecular complexity index is 1510. The Morgan fingerprint density at radius 1 is 1.03 bits per heavy atom. The van der Waals surface area contributed by atoms with Gasteiger partial charge in [-0.15, -0.1) is 0 Å². The predicted octanol–water partition coefficient (Wildman–Crippen LogP) is 5.25. The summed E-state index contributed by atoms with van der Waals surface area (Å²) in [5.74, 6) is 0.379. The molecule has 0 aliphatic heterocycles. The molecule has 0 saturated carbocycles. The van der Waals surface area contributed by atoms with Crippen LogP contribution in [-0.2, 0) is 13.1 Å². The Hall–Kier alpha value is -3.64. The molecule has 0 amide bonds. The minimum absolute atomic E-state index is 0.208. The number of hydrogen-bond donors (Lipinski definition) is 0. The van der Waals surface area contributed by atoms with E-state index in [1.165, 1.54) is 23.0 Å². The molecule has 2 aromatic heterocycles. The molecule has 2 heterocycles. The number of methoxy groups -OCH3 is 1. The highest BCUT2D eigenvalue weighted by molar-refractivity contribution is 6.31. The van der Waals surface area contributed by atoms with Crippen LogP contribution in [0.25, 0.3) is 21.9 Å². The second kappa shape index (κ2) is 8.13. The van der Waals surface area contributed by atoms with E-state index in [2.05, 4.69) is 4.98 Å². The number of fused-ring (bicyclic) bond motifs is 3. The molecule has 5 nitrogen and oxygen atoms in total. The molecule has 0 spiro atoms. The second-order valence-corrected chi connectivity index (χ2v) is 7.97. The fraction of sp³-hybridized carbons (Fsp3) is 0.120. The van der Waals surface area contributed by atoms with E-state index in [-0.39, 0.29) is 11.4 Å². The van der Waals surface area contributed by atoms with E-state index < -0.39 is 0 Å². The first-order chi connectivity index (χ1) is 15.5. The van der Waals surface area contributed by atoms with Crippen LogP contribution >= 0.6 is 11.6 Å². The molecule has 3 aromatic carbocycles. The average Bonchev–Trinajstić information content (AvgIpc) is 3.11. The summed E-state index contributed by atoms with van der Waals surface area (Å²) in [5, 5.41) is 1.19. The molecule has 0 unspecified atom stereocenters. The Morgan fingerprint density at radius 3 is 2.56 bits per heavy atom. The predicted molar refractivity (Wildman–Crippen MR) is 124 cm³/mol. The number of aromatic nitrogens is 3. The second-order valence-electron chi connectivity index (χ2n) is 7.56. The minimum atomic E-state index is -0.372. The molecule has 0 atom stereocenters. The van der Waals surface area contributed by atoms with Crippen LogP contribution in [0.3, 0.4) is 0 Å². The van der Waals surface area contributed by atoms with Crippen molar-refractivity contribution in [3.8, 4) is 5.75 Å². The SMILES string of the molecule is COc1ccc(Cn2c3ccc(F)cc3c3ncn(Cc4ccccc4Cl)c(=O)c32)cc1. The molecule has 5 aromatic rings. The molecule has 0 fully saturated rings. The van der Waals surface area contributed by atoms with Gasteiger partial charge in [-0.2, -0.15) is 0 Å². The zero-order valence-electron chi connectivity index (χ0n) is 17.3. The van der Waals surface area contributed by atoms with Crippen molar-refractivity contribution in [1.29, 1.82) is 0 Å². The van der Waals surface area contributed by atoms with E-state index in [1.807, 2.05) is 47.0 Å². The molecule has 0 saturated heterocycles. The summed E-state index contributed by atoms with van der Waals surface area (Å²) < 4.78 is 22.7. The van der Waals surface area contributed by atoms with Crippen LogP contribution in [-0.4, -0.2) is 21.2 Å². The van der Waals surface area contributed by atoms with Crippen LogP contribution in [0.2, 0.25) is 5.02 Å². The standard InChI is InChI=1S/C25H19ClFN3O2/c1-32-19-9-6-16(7-10-19)13-30-22-11-8-18(27)12-20(22)23-24(30)25(31)29(15-28-23)14-17-4-2-3-5-21(17)26/h2-12,15H,13-14H2,1H3. The van der Waals surface area contributed by atoms with Gasteiger partial charge in [0.05, 0.1) is 25.5 Å². The fourth-order valence-electron chi connectivity index (χ4n) is 3.97. The molecule has 7 heteroatoms. The summed E-state index contributed by atoms with van der Waals surface area (Å²) in [4.78, 5) is 18.1. The largest absolute Gasteiger partial charge is 0.497 e. The average molecular weight is 448 g/mol. The Kier molecular flexibility index (Phi) is 5.15. The van der Waals surface area contributed by atoms with Gasteiger partial charge >= 0.3 is 0 Å². The van der Waals surface area contributed by atoms with Crippen LogP contribution in [0.4, 0.5) is 4.39 Å². The van der Waals surface area contributed by atoms with Crippen LogP contribution in [0, 0.1) is 5.82 Å². The smallest absolute Gasteiger partial charge is 0.278 e. The summed E-state index contributed by atoms with van der Waals surface area (Å²) in [7, 11) is 1.61. The molecular formula is C25H19ClFN3O2. The zero-order chi connectivity index (χ0) is 22.2. The molecule has 0 N–H and O–H groups in total. The zero-order valence-corrected chi connectivity index (χ0v) is 18.0. The van der Waals surface area contributed by atoms with E-state index in [0.29, 0.717) is 34.5 Å². The minimum Gasteiger partial charge on any atom is -0.497 e. The third kappa shape index (κ3) is 3.52. The monoisotopic (exact) mass is 447 g/mol. The number of nitrogens with zero attached hydrogens (tertiary/aromatic N) is 3. The van der Waals surface area contributed by atoms with Crippen molar-refractivity contribution in [3.63, 3.8) is 0 Å². The number of benzene rings is 3. The highest BCUT2D eigenvalue weighted by Crippen LogP contribution is 2.28. The maximum atomic E-state index is 14.0. The van der Waals surface area contributed by atoms with E-state index in [4.69, 9.17) is 16.3 Å². The lowest BCUT2D eigenvalue weighted by molar-refractivity contribution is 0.414. The van der Waals surface area contributed by atoms with Gasteiger partial charge in [0.2, 0.25) is 0 Å². The molecule has 0 radical (unpaired) electrons. The highest BCUT2D eigenvalue weighted by atomic mass is 35.5. The van der Waals surface area contributed by atoms with Crippen molar-refractivity contribution in [3.05, 3.63) is 105 Å². The molecule has 0 bridgehead atoms. The third-order valence-corrected chi connectivity index (χ3v) is 5.96. The summed E-state index contributed by atoms with van der Waals surface area (Å²) in [6.07, 6.45) is 1.50. The summed E-state index contributed by atoms with van der Waals surface area (Å²) in [6.45, 7) is 0.725. The maximum Gasteiger partial charge on any atom is 0.278 e. The van der Waals surface area contributed by atoms with E-state index in [0.717, 1.165) is 22.4 Å². The van der Waals surface area contributed by atoms with Gasteiger partial charge in [-0.3, -0.25) is 9.36 Å². The summed E-state index contributed by atoms with van der Waals surface area (Å²) in [5.41, 5.74) is 3.25. The van der Waals surface area contributed by atoms with Crippen LogP contribution < -0.4 is 10.3 Å². The van der Waals surface area contributed by atoms with E-state index in [9.17, 15) is 9.18 Å². The fourth-order valence-corrected chi connectivity index (χ4v) is 4.17. The van der Waals surface area contributed by atoms with Crippen molar-refractivity contribution in [2.75, 3.05) is 7.11 Å². The van der Waals surface area contributed by atoms with Gasteiger partial charge in [-0.25, -0.2) is 9.37 Å². The lowest BCUT2D eigenvalue weighted by atomic mass is 10.2. The topological polar surface area (TPSA) is 49.0 Å². The third-order valence-electron chi connectivity index (χ3n) is 5.59. The van der Waals surface area contributed by atoms with Gasteiger partial charge in [0.1, 0.15) is 22.6 Å². The van der Waals surface area contributed by atoms with Crippen molar-refractivity contribution < 1.29 is 9.13 Å². The van der Waals surface area contributed by atoms with E-state index >= 15 is 0 Å². The van der Waals surface area contributed by atoms with Crippen molar-refractivity contribution in [1.82, 2.24) is 14.1 Å². The Balaban J connectivity index is 1.70. The molecule has 0 aliphatic carbocycles. The summed E-state index contributed by atoms with van der Waals surface area (Å²) >= 11 is 6.30. The molecule has 0 aliphatic rings. The maximum absolute atomic E-state index is 14.0.